The maximum Gasteiger partial charge on any atom is 0.275 e. The maximum atomic E-state index is 13.8. The molecule has 0 unspecified atom stereocenters. The van der Waals surface area contributed by atoms with Gasteiger partial charge >= 0.3 is 0 Å². The van der Waals surface area contributed by atoms with Crippen molar-refractivity contribution in [2.75, 3.05) is 5.32 Å². The Hall–Kier alpha value is -2.09. The Labute approximate surface area is 115 Å². The number of benzene rings is 1. The number of nitrogens with one attached hydrogen (secondary N) is 1. The van der Waals surface area contributed by atoms with Crippen molar-refractivity contribution in [2.45, 2.75) is 6.92 Å². The summed E-state index contributed by atoms with van der Waals surface area (Å²) in [5, 5.41) is 14.1. The molecule has 0 aliphatic heterocycles. The van der Waals surface area contributed by atoms with E-state index in [1.54, 1.807) is 18.2 Å². The fourth-order valence-corrected chi connectivity index (χ4v) is 2.01. The van der Waals surface area contributed by atoms with Crippen molar-refractivity contribution < 1.29 is 4.39 Å². The fraction of sp³-hybridized carbons (Fsp3) is 0.0909. The molecule has 1 N–H and O–H groups in total. The molecule has 0 aliphatic carbocycles. The summed E-state index contributed by atoms with van der Waals surface area (Å²) in [7, 11) is 0. The smallest absolute Gasteiger partial charge is 0.275 e. The lowest BCUT2D eigenvalue weighted by Crippen LogP contribution is -2.03. The molecule has 3 aromatic rings. The molecule has 0 amide bonds. The summed E-state index contributed by atoms with van der Waals surface area (Å²) in [6.45, 7) is 1.82. The molecule has 2 heterocycles. The number of hydrogen-bond acceptors (Lipinski definition) is 5. The number of fused-ring (bicyclic) bond motifs is 1. The zero-order chi connectivity index (χ0) is 13.4. The van der Waals surface area contributed by atoms with Gasteiger partial charge in [0.15, 0.2) is 0 Å². The van der Waals surface area contributed by atoms with E-state index in [9.17, 15) is 4.39 Å². The van der Waals surface area contributed by atoms with Crippen LogP contribution in [0.3, 0.4) is 0 Å². The Morgan fingerprint density at radius 3 is 2.95 bits per heavy atom. The molecule has 0 spiro atoms. The molecule has 0 saturated carbocycles. The molecule has 0 atom stereocenters. The van der Waals surface area contributed by atoms with Gasteiger partial charge in [-0.3, -0.25) is 0 Å². The van der Waals surface area contributed by atoms with Crippen molar-refractivity contribution in [1.29, 1.82) is 0 Å². The minimum Gasteiger partial charge on any atom is -0.338 e. The Balaban J connectivity index is 2.07. The van der Waals surface area contributed by atoms with E-state index in [0.29, 0.717) is 21.8 Å². The topological polar surface area (TPSA) is 68.0 Å². The third kappa shape index (κ3) is 2.26. The molecular weight excluding hydrogens is 315 g/mol. The van der Waals surface area contributed by atoms with Gasteiger partial charge in [0.05, 0.1) is 5.69 Å². The summed E-state index contributed by atoms with van der Waals surface area (Å²) in [5.41, 5.74) is 1.08. The Bertz CT molecular complexity index is 756. The molecular formula is C11H8BrFN6. The monoisotopic (exact) mass is 322 g/mol. The highest BCUT2D eigenvalue weighted by Gasteiger charge is 2.09. The average Bonchev–Trinajstić information content (AvgIpc) is 2.80. The second-order valence-corrected chi connectivity index (χ2v) is 4.84. The van der Waals surface area contributed by atoms with Crippen LogP contribution in [0.4, 0.5) is 15.9 Å². The number of hydrogen-bond donors (Lipinski definition) is 1. The van der Waals surface area contributed by atoms with Crippen molar-refractivity contribution in [3.8, 4) is 0 Å². The van der Waals surface area contributed by atoms with Gasteiger partial charge in [-0.1, -0.05) is 21.0 Å². The molecule has 1 aromatic carbocycles. The van der Waals surface area contributed by atoms with Gasteiger partial charge in [0.1, 0.15) is 11.6 Å². The van der Waals surface area contributed by atoms with E-state index in [1.807, 2.05) is 6.92 Å². The zero-order valence-corrected chi connectivity index (χ0v) is 11.4. The normalized spacial score (nSPS) is 10.9. The highest BCUT2D eigenvalue weighted by atomic mass is 79.9. The number of aromatic nitrogens is 5. The summed E-state index contributed by atoms with van der Waals surface area (Å²) in [6.07, 6.45) is 0. The quantitative estimate of drug-likeness (QED) is 0.785. The predicted molar refractivity (Wildman–Crippen MR) is 70.7 cm³/mol. The van der Waals surface area contributed by atoms with E-state index in [1.165, 1.54) is 10.6 Å². The molecule has 19 heavy (non-hydrogen) atoms. The van der Waals surface area contributed by atoms with E-state index in [4.69, 9.17) is 0 Å². The number of nitrogens with zero attached hydrogens (tertiary/aromatic N) is 5. The summed E-state index contributed by atoms with van der Waals surface area (Å²) < 4.78 is 15.9. The number of aryl methyl sites for hydroxylation is 1. The van der Waals surface area contributed by atoms with Gasteiger partial charge in [-0.15, -0.1) is 0 Å². The van der Waals surface area contributed by atoms with Crippen LogP contribution in [-0.4, -0.2) is 25.0 Å². The highest BCUT2D eigenvalue weighted by Crippen LogP contribution is 2.23. The van der Waals surface area contributed by atoms with Crippen molar-refractivity contribution >= 4 is 33.2 Å². The molecule has 0 bridgehead atoms. The second kappa shape index (κ2) is 4.54. The summed E-state index contributed by atoms with van der Waals surface area (Å²) in [6, 6.07) is 6.50. The Kier molecular flexibility index (Phi) is 2.86. The standard InChI is InChI=1S/C11H8BrFN6/c1-6-4-10(19-11(14-6)16-17-18-19)15-9-3-2-7(12)5-8(9)13/h2-5,15H,1H3. The third-order valence-corrected chi connectivity index (χ3v) is 2.99. The molecule has 2 aromatic heterocycles. The maximum absolute atomic E-state index is 13.8. The van der Waals surface area contributed by atoms with Crippen LogP contribution >= 0.6 is 15.9 Å². The van der Waals surface area contributed by atoms with E-state index in [0.717, 1.165) is 5.69 Å². The lowest BCUT2D eigenvalue weighted by molar-refractivity contribution is 0.630. The summed E-state index contributed by atoms with van der Waals surface area (Å²) in [4.78, 5) is 4.16. The molecule has 0 fully saturated rings. The lowest BCUT2D eigenvalue weighted by Gasteiger charge is -2.09. The van der Waals surface area contributed by atoms with E-state index in [2.05, 4.69) is 41.8 Å². The molecule has 0 saturated heterocycles. The summed E-state index contributed by atoms with van der Waals surface area (Å²) in [5.74, 6) is 0.541. The van der Waals surface area contributed by atoms with Crippen LogP contribution in [0.15, 0.2) is 28.7 Å². The van der Waals surface area contributed by atoms with Crippen LogP contribution in [0.1, 0.15) is 5.69 Å². The van der Waals surface area contributed by atoms with Crippen molar-refractivity contribution in [3.63, 3.8) is 0 Å². The third-order valence-electron chi connectivity index (χ3n) is 2.50. The predicted octanol–water partition coefficient (Wildman–Crippen LogP) is 2.47. The van der Waals surface area contributed by atoms with Crippen molar-refractivity contribution in [3.05, 3.63) is 40.2 Å². The number of tetrazole rings is 1. The molecule has 6 nitrogen and oxygen atoms in total. The summed E-state index contributed by atoms with van der Waals surface area (Å²) >= 11 is 3.21. The first-order valence-electron chi connectivity index (χ1n) is 5.41. The Morgan fingerprint density at radius 2 is 2.16 bits per heavy atom. The van der Waals surface area contributed by atoms with Crippen LogP contribution in [0.25, 0.3) is 5.78 Å². The van der Waals surface area contributed by atoms with Gasteiger partial charge in [0.25, 0.3) is 5.78 Å². The molecule has 96 valence electrons. The zero-order valence-electron chi connectivity index (χ0n) is 9.80. The first kappa shape index (κ1) is 12.0. The van der Waals surface area contributed by atoms with Crippen LogP contribution in [0.5, 0.6) is 0 Å². The SMILES string of the molecule is Cc1cc(Nc2ccc(Br)cc2F)n2nnnc2n1. The van der Waals surface area contributed by atoms with Gasteiger partial charge in [-0.2, -0.15) is 4.52 Å². The van der Waals surface area contributed by atoms with Crippen molar-refractivity contribution in [2.24, 2.45) is 0 Å². The van der Waals surface area contributed by atoms with Gasteiger partial charge in [-0.05, 0) is 35.5 Å². The number of anilines is 2. The number of halogens is 2. The van der Waals surface area contributed by atoms with Crippen molar-refractivity contribution in [1.82, 2.24) is 25.0 Å². The van der Waals surface area contributed by atoms with E-state index >= 15 is 0 Å². The Morgan fingerprint density at radius 1 is 1.32 bits per heavy atom. The van der Waals surface area contributed by atoms with Gasteiger partial charge in [0, 0.05) is 16.2 Å². The highest BCUT2D eigenvalue weighted by molar-refractivity contribution is 9.10. The van der Waals surface area contributed by atoms with E-state index < -0.39 is 0 Å². The average molecular weight is 323 g/mol. The minimum atomic E-state index is -0.370. The number of rotatable bonds is 2. The minimum absolute atomic E-state index is 0.339. The first-order valence-corrected chi connectivity index (χ1v) is 6.20. The molecule has 0 radical (unpaired) electrons. The molecule has 3 rings (SSSR count). The van der Waals surface area contributed by atoms with Crippen LogP contribution < -0.4 is 5.32 Å². The van der Waals surface area contributed by atoms with Gasteiger partial charge in [-0.25, -0.2) is 9.37 Å². The fourth-order valence-electron chi connectivity index (χ4n) is 1.67. The first-order chi connectivity index (χ1) is 9.13. The lowest BCUT2D eigenvalue weighted by atomic mass is 10.3. The van der Waals surface area contributed by atoms with Crippen LogP contribution in [0, 0.1) is 12.7 Å². The van der Waals surface area contributed by atoms with Crippen LogP contribution in [0.2, 0.25) is 0 Å². The molecule has 8 heteroatoms. The second-order valence-electron chi connectivity index (χ2n) is 3.92. The largest absolute Gasteiger partial charge is 0.338 e. The molecule has 0 aliphatic rings. The van der Waals surface area contributed by atoms with E-state index in [-0.39, 0.29) is 5.82 Å². The van der Waals surface area contributed by atoms with Crippen LogP contribution in [-0.2, 0) is 0 Å². The van der Waals surface area contributed by atoms with Gasteiger partial charge < -0.3 is 5.32 Å². The van der Waals surface area contributed by atoms with Gasteiger partial charge in [0.2, 0.25) is 0 Å².